The highest BCUT2D eigenvalue weighted by Gasteiger charge is 2.23. The van der Waals surface area contributed by atoms with E-state index in [-0.39, 0.29) is 18.2 Å². The molecule has 0 radical (unpaired) electrons. The van der Waals surface area contributed by atoms with Crippen molar-refractivity contribution < 1.29 is 18.7 Å². The summed E-state index contributed by atoms with van der Waals surface area (Å²) in [7, 11) is 0. The van der Waals surface area contributed by atoms with Gasteiger partial charge >= 0.3 is 0 Å². The maximum Gasteiger partial charge on any atom is 0.287 e. The number of hydrogen-bond donors (Lipinski definition) is 2. The Kier molecular flexibility index (Phi) is 7.69. The number of amides is 2. The first-order valence-corrected chi connectivity index (χ1v) is 10.9. The number of ether oxygens (including phenoxy) is 1. The van der Waals surface area contributed by atoms with Crippen molar-refractivity contribution >= 4 is 11.8 Å². The molecule has 7 nitrogen and oxygen atoms in total. The van der Waals surface area contributed by atoms with Crippen LogP contribution in [-0.2, 0) is 24.4 Å². The second-order valence-corrected chi connectivity index (χ2v) is 7.69. The van der Waals surface area contributed by atoms with Crippen molar-refractivity contribution in [3.8, 4) is 5.88 Å². The van der Waals surface area contributed by atoms with Crippen molar-refractivity contribution in [1.82, 2.24) is 15.6 Å². The summed E-state index contributed by atoms with van der Waals surface area (Å²) in [5, 5.41) is 5.68. The van der Waals surface area contributed by atoms with E-state index < -0.39 is 11.9 Å². The van der Waals surface area contributed by atoms with E-state index in [0.717, 1.165) is 16.7 Å². The predicted molar refractivity (Wildman–Crippen MR) is 127 cm³/mol. The molecule has 4 aromatic rings. The molecule has 1 unspecified atom stereocenters. The molecule has 2 aromatic heterocycles. The Labute approximate surface area is 197 Å². The maximum atomic E-state index is 13.0. The third kappa shape index (κ3) is 6.56. The van der Waals surface area contributed by atoms with Gasteiger partial charge in [-0.25, -0.2) is 4.98 Å². The van der Waals surface area contributed by atoms with Gasteiger partial charge in [0.25, 0.3) is 5.91 Å². The second kappa shape index (κ2) is 11.5. The van der Waals surface area contributed by atoms with Crippen molar-refractivity contribution in [3.63, 3.8) is 0 Å². The van der Waals surface area contributed by atoms with E-state index >= 15 is 0 Å². The van der Waals surface area contributed by atoms with Gasteiger partial charge in [0.05, 0.1) is 6.26 Å². The molecule has 172 valence electrons. The molecule has 0 fully saturated rings. The zero-order chi connectivity index (χ0) is 23.6. The molecule has 0 aliphatic heterocycles. The van der Waals surface area contributed by atoms with E-state index in [0.29, 0.717) is 18.9 Å². The van der Waals surface area contributed by atoms with Gasteiger partial charge in [-0.2, -0.15) is 0 Å². The lowest BCUT2D eigenvalue weighted by Gasteiger charge is -2.18. The van der Waals surface area contributed by atoms with Gasteiger partial charge in [-0.1, -0.05) is 60.7 Å². The average Bonchev–Trinajstić information content (AvgIpc) is 3.43. The number of pyridine rings is 1. The summed E-state index contributed by atoms with van der Waals surface area (Å²) in [5.41, 5.74) is 2.81. The van der Waals surface area contributed by atoms with E-state index in [1.54, 1.807) is 24.4 Å². The summed E-state index contributed by atoms with van der Waals surface area (Å²) in [5.74, 6) is -0.114. The lowest BCUT2D eigenvalue weighted by atomic mass is 10.0. The molecule has 0 aliphatic rings. The summed E-state index contributed by atoms with van der Waals surface area (Å²) < 4.78 is 10.9. The Balaban J connectivity index is 1.38. The number of nitrogens with one attached hydrogen (secondary N) is 2. The van der Waals surface area contributed by atoms with E-state index in [1.807, 2.05) is 66.7 Å². The molecule has 4 rings (SSSR count). The summed E-state index contributed by atoms with van der Waals surface area (Å²) in [6.07, 6.45) is 3.41. The quantitative estimate of drug-likeness (QED) is 0.378. The van der Waals surface area contributed by atoms with Gasteiger partial charge in [0, 0.05) is 25.2 Å². The minimum atomic E-state index is -0.768. The summed E-state index contributed by atoms with van der Waals surface area (Å²) in [4.78, 5) is 29.8. The highest BCUT2D eigenvalue weighted by Crippen LogP contribution is 2.12. The number of aromatic nitrogens is 1. The van der Waals surface area contributed by atoms with Gasteiger partial charge in [-0.05, 0) is 34.9 Å². The van der Waals surface area contributed by atoms with Crippen LogP contribution in [-0.4, -0.2) is 22.8 Å². The molecular formula is C27H25N3O4. The molecule has 0 aliphatic carbocycles. The van der Waals surface area contributed by atoms with Crippen LogP contribution < -0.4 is 15.4 Å². The zero-order valence-corrected chi connectivity index (χ0v) is 18.5. The van der Waals surface area contributed by atoms with Crippen LogP contribution in [0, 0.1) is 0 Å². The van der Waals surface area contributed by atoms with E-state index in [4.69, 9.17) is 9.15 Å². The van der Waals surface area contributed by atoms with Crippen LogP contribution in [0.3, 0.4) is 0 Å². The Hall–Kier alpha value is -4.39. The molecule has 2 aromatic carbocycles. The summed E-state index contributed by atoms with van der Waals surface area (Å²) in [6, 6.07) is 25.4. The number of rotatable bonds is 10. The van der Waals surface area contributed by atoms with Crippen LogP contribution in [0.1, 0.15) is 27.2 Å². The van der Waals surface area contributed by atoms with E-state index in [9.17, 15) is 9.59 Å². The standard InChI is InChI=1S/C27H25N3O4/c31-26(23(16-20-8-3-1-4-9-20)30-27(32)24-12-7-15-33-24)29-18-22-13-14-28-25(17-22)34-19-21-10-5-2-6-11-21/h1-15,17,23H,16,18-19H2,(H,29,31)(H,30,32). The molecule has 0 saturated carbocycles. The molecule has 2 N–H and O–H groups in total. The Morgan fingerprint density at radius 3 is 2.32 bits per heavy atom. The number of hydrogen-bond acceptors (Lipinski definition) is 5. The van der Waals surface area contributed by atoms with Crippen molar-refractivity contribution in [2.75, 3.05) is 0 Å². The van der Waals surface area contributed by atoms with Gasteiger partial charge in [0.15, 0.2) is 5.76 Å². The molecule has 1 atom stereocenters. The monoisotopic (exact) mass is 455 g/mol. The minimum absolute atomic E-state index is 0.153. The fourth-order valence-electron chi connectivity index (χ4n) is 3.38. The van der Waals surface area contributed by atoms with E-state index in [2.05, 4.69) is 15.6 Å². The first-order valence-electron chi connectivity index (χ1n) is 10.9. The third-order valence-corrected chi connectivity index (χ3v) is 5.14. The lowest BCUT2D eigenvalue weighted by Crippen LogP contribution is -2.47. The Morgan fingerprint density at radius 2 is 1.62 bits per heavy atom. The highest BCUT2D eigenvalue weighted by molar-refractivity contribution is 5.95. The fraction of sp³-hybridized carbons (Fsp3) is 0.148. The van der Waals surface area contributed by atoms with Crippen LogP contribution in [0.25, 0.3) is 0 Å². The second-order valence-electron chi connectivity index (χ2n) is 7.69. The van der Waals surface area contributed by atoms with Gasteiger partial charge in [-0.3, -0.25) is 9.59 Å². The topological polar surface area (TPSA) is 93.5 Å². The molecule has 2 amide bonds. The van der Waals surface area contributed by atoms with Crippen LogP contribution in [0.5, 0.6) is 5.88 Å². The van der Waals surface area contributed by atoms with E-state index in [1.165, 1.54) is 6.26 Å². The Morgan fingerprint density at radius 1 is 0.882 bits per heavy atom. The first kappa shape index (κ1) is 22.8. The van der Waals surface area contributed by atoms with Crippen LogP contribution in [0.15, 0.2) is 102 Å². The molecular weight excluding hydrogens is 430 g/mol. The molecule has 34 heavy (non-hydrogen) atoms. The van der Waals surface area contributed by atoms with Gasteiger partial charge in [-0.15, -0.1) is 0 Å². The van der Waals surface area contributed by atoms with Gasteiger partial charge in [0.2, 0.25) is 11.8 Å². The first-order chi connectivity index (χ1) is 16.7. The van der Waals surface area contributed by atoms with Crippen molar-refractivity contribution in [2.45, 2.75) is 25.6 Å². The normalized spacial score (nSPS) is 11.4. The van der Waals surface area contributed by atoms with Gasteiger partial charge < -0.3 is 19.8 Å². The summed E-state index contributed by atoms with van der Waals surface area (Å²) in [6.45, 7) is 0.673. The number of nitrogens with zero attached hydrogens (tertiary/aromatic N) is 1. The molecule has 7 heteroatoms. The SMILES string of the molecule is O=C(NC(Cc1ccccc1)C(=O)NCc1ccnc(OCc2ccccc2)c1)c1ccco1. The zero-order valence-electron chi connectivity index (χ0n) is 18.5. The minimum Gasteiger partial charge on any atom is -0.473 e. The highest BCUT2D eigenvalue weighted by atomic mass is 16.5. The van der Waals surface area contributed by atoms with Crippen molar-refractivity contribution in [2.24, 2.45) is 0 Å². The van der Waals surface area contributed by atoms with Crippen LogP contribution >= 0.6 is 0 Å². The van der Waals surface area contributed by atoms with Crippen LogP contribution in [0.4, 0.5) is 0 Å². The number of benzene rings is 2. The predicted octanol–water partition coefficient (Wildman–Crippen LogP) is 3.91. The Bertz CT molecular complexity index is 1200. The smallest absolute Gasteiger partial charge is 0.287 e. The average molecular weight is 456 g/mol. The molecule has 0 spiro atoms. The number of carbonyl (C=O) groups excluding carboxylic acids is 2. The lowest BCUT2D eigenvalue weighted by molar-refractivity contribution is -0.123. The van der Waals surface area contributed by atoms with Gasteiger partial charge in [0.1, 0.15) is 12.6 Å². The van der Waals surface area contributed by atoms with Crippen molar-refractivity contribution in [1.29, 1.82) is 0 Å². The molecule has 2 heterocycles. The fourth-order valence-corrected chi connectivity index (χ4v) is 3.38. The molecule has 0 saturated heterocycles. The number of furan rings is 1. The third-order valence-electron chi connectivity index (χ3n) is 5.14. The largest absolute Gasteiger partial charge is 0.473 e. The van der Waals surface area contributed by atoms with Crippen LogP contribution in [0.2, 0.25) is 0 Å². The number of carbonyl (C=O) groups is 2. The van der Waals surface area contributed by atoms with Crippen molar-refractivity contribution in [3.05, 3.63) is 120 Å². The molecule has 0 bridgehead atoms. The maximum absolute atomic E-state index is 13.0. The summed E-state index contributed by atoms with van der Waals surface area (Å²) >= 11 is 0.